The summed E-state index contributed by atoms with van der Waals surface area (Å²) in [5, 5.41) is 10.0. The SMILES string of the molecule is CCCCCCCCCCCCSSc1nnc(C(C)CC)n1-c1ccc(Br)cc1. The maximum atomic E-state index is 4.53. The molecule has 1 aromatic heterocycles. The zero-order valence-corrected chi connectivity index (χ0v) is 22.1. The van der Waals surface area contributed by atoms with Gasteiger partial charge in [0.15, 0.2) is 0 Å². The van der Waals surface area contributed by atoms with E-state index in [0.717, 1.165) is 27.6 Å². The van der Waals surface area contributed by atoms with E-state index in [2.05, 4.69) is 75.7 Å². The maximum Gasteiger partial charge on any atom is 0.206 e. The molecule has 2 rings (SSSR count). The van der Waals surface area contributed by atoms with Crippen molar-refractivity contribution in [3.63, 3.8) is 0 Å². The van der Waals surface area contributed by atoms with Crippen LogP contribution in [0, 0.1) is 0 Å². The molecule has 0 saturated heterocycles. The van der Waals surface area contributed by atoms with Gasteiger partial charge >= 0.3 is 0 Å². The zero-order valence-electron chi connectivity index (χ0n) is 18.9. The Balaban J connectivity index is 1.74. The fourth-order valence-electron chi connectivity index (χ4n) is 3.41. The molecule has 168 valence electrons. The minimum Gasteiger partial charge on any atom is -0.273 e. The van der Waals surface area contributed by atoms with Crippen molar-refractivity contribution in [2.24, 2.45) is 0 Å². The van der Waals surface area contributed by atoms with Crippen LogP contribution in [0.5, 0.6) is 0 Å². The second-order valence-corrected chi connectivity index (χ2v) is 11.3. The summed E-state index contributed by atoms with van der Waals surface area (Å²) >= 11 is 3.53. The molecule has 0 aliphatic rings. The van der Waals surface area contributed by atoms with Crippen LogP contribution in [0.2, 0.25) is 0 Å². The fourth-order valence-corrected chi connectivity index (χ4v) is 5.78. The lowest BCUT2D eigenvalue weighted by atomic mass is 10.1. The molecule has 1 atom stereocenters. The zero-order chi connectivity index (χ0) is 21.6. The Hall–Kier alpha value is -0.460. The van der Waals surface area contributed by atoms with E-state index in [0.29, 0.717) is 5.92 Å². The van der Waals surface area contributed by atoms with Crippen LogP contribution in [0.25, 0.3) is 5.69 Å². The van der Waals surface area contributed by atoms with Crippen LogP contribution >= 0.6 is 37.5 Å². The van der Waals surface area contributed by atoms with Crippen LogP contribution in [-0.4, -0.2) is 20.5 Å². The molecule has 1 aromatic carbocycles. The van der Waals surface area contributed by atoms with Gasteiger partial charge in [0.2, 0.25) is 5.16 Å². The van der Waals surface area contributed by atoms with Crippen molar-refractivity contribution in [1.82, 2.24) is 14.8 Å². The number of halogens is 1. The van der Waals surface area contributed by atoms with Gasteiger partial charge in [-0.05, 0) is 47.9 Å². The van der Waals surface area contributed by atoms with Gasteiger partial charge in [0, 0.05) is 21.8 Å². The number of hydrogen-bond acceptors (Lipinski definition) is 4. The van der Waals surface area contributed by atoms with Crippen molar-refractivity contribution in [3.8, 4) is 5.69 Å². The van der Waals surface area contributed by atoms with Crippen LogP contribution in [0.1, 0.15) is 103 Å². The largest absolute Gasteiger partial charge is 0.273 e. The molecule has 0 aliphatic heterocycles. The molecule has 0 amide bonds. The summed E-state index contributed by atoms with van der Waals surface area (Å²) in [7, 11) is 3.68. The molecule has 30 heavy (non-hydrogen) atoms. The van der Waals surface area contributed by atoms with Crippen LogP contribution < -0.4 is 0 Å². The number of aromatic nitrogens is 3. The van der Waals surface area contributed by atoms with E-state index < -0.39 is 0 Å². The van der Waals surface area contributed by atoms with Gasteiger partial charge in [-0.15, -0.1) is 10.2 Å². The summed E-state index contributed by atoms with van der Waals surface area (Å²) in [5.41, 5.74) is 1.14. The van der Waals surface area contributed by atoms with Gasteiger partial charge in [-0.1, -0.05) is 105 Å². The van der Waals surface area contributed by atoms with Gasteiger partial charge in [-0.25, -0.2) is 0 Å². The third kappa shape index (κ3) is 8.96. The minimum absolute atomic E-state index is 0.391. The molecule has 1 unspecified atom stereocenters. The fraction of sp³-hybridized carbons (Fsp3) is 0.667. The molecule has 0 radical (unpaired) electrons. The molecular weight excluding hydrogens is 474 g/mol. The molecule has 1 heterocycles. The first-order valence-corrected chi connectivity index (χ1v) is 14.8. The van der Waals surface area contributed by atoms with Gasteiger partial charge in [-0.3, -0.25) is 4.57 Å². The Morgan fingerprint density at radius 1 is 0.867 bits per heavy atom. The van der Waals surface area contributed by atoms with E-state index in [4.69, 9.17) is 0 Å². The van der Waals surface area contributed by atoms with Gasteiger partial charge < -0.3 is 0 Å². The quantitative estimate of drug-likeness (QED) is 0.166. The highest BCUT2D eigenvalue weighted by molar-refractivity contribution is 9.10. The van der Waals surface area contributed by atoms with Crippen LogP contribution in [0.3, 0.4) is 0 Å². The number of rotatable bonds is 16. The van der Waals surface area contributed by atoms with Gasteiger partial charge in [0.25, 0.3) is 0 Å². The lowest BCUT2D eigenvalue weighted by molar-refractivity contribution is 0.563. The molecule has 0 saturated carbocycles. The minimum atomic E-state index is 0.391. The Kier molecular flexibility index (Phi) is 13.2. The standard InChI is InChI=1S/C24H38BrN3S2/c1-4-6-7-8-9-10-11-12-13-14-19-29-30-24-27-26-23(20(3)5-2)28(24)22-17-15-21(25)16-18-22/h15-18,20H,4-14,19H2,1-3H3. The van der Waals surface area contributed by atoms with Crippen molar-refractivity contribution in [3.05, 3.63) is 34.6 Å². The van der Waals surface area contributed by atoms with E-state index in [1.807, 2.05) is 10.8 Å². The average molecular weight is 513 g/mol. The highest BCUT2D eigenvalue weighted by Crippen LogP contribution is 2.34. The Bertz CT molecular complexity index is 703. The third-order valence-corrected chi connectivity index (χ3v) is 8.33. The lowest BCUT2D eigenvalue weighted by Crippen LogP contribution is -2.05. The monoisotopic (exact) mass is 511 g/mol. The molecule has 3 nitrogen and oxygen atoms in total. The molecule has 2 aromatic rings. The van der Waals surface area contributed by atoms with E-state index >= 15 is 0 Å². The summed E-state index contributed by atoms with van der Waals surface area (Å²) < 4.78 is 3.32. The summed E-state index contributed by atoms with van der Waals surface area (Å²) in [6, 6.07) is 8.44. The van der Waals surface area contributed by atoms with Crippen molar-refractivity contribution in [1.29, 1.82) is 0 Å². The summed E-state index contributed by atoms with van der Waals surface area (Å²) in [5.74, 6) is 2.62. The predicted octanol–water partition coefficient (Wildman–Crippen LogP) is 9.20. The Labute approximate surface area is 200 Å². The van der Waals surface area contributed by atoms with Crippen molar-refractivity contribution >= 4 is 37.5 Å². The first-order chi connectivity index (χ1) is 14.7. The summed E-state index contributed by atoms with van der Waals surface area (Å²) in [6.07, 6.45) is 14.9. The highest BCUT2D eigenvalue weighted by Gasteiger charge is 2.18. The van der Waals surface area contributed by atoms with Crippen LogP contribution in [-0.2, 0) is 0 Å². The van der Waals surface area contributed by atoms with E-state index in [9.17, 15) is 0 Å². The van der Waals surface area contributed by atoms with Crippen molar-refractivity contribution in [2.75, 3.05) is 5.75 Å². The van der Waals surface area contributed by atoms with Crippen molar-refractivity contribution < 1.29 is 0 Å². The molecule has 0 spiro atoms. The van der Waals surface area contributed by atoms with Gasteiger partial charge in [0.1, 0.15) is 5.82 Å². The second kappa shape index (κ2) is 15.4. The van der Waals surface area contributed by atoms with E-state index in [1.54, 1.807) is 10.8 Å². The molecule has 0 bridgehead atoms. The number of benzene rings is 1. The smallest absolute Gasteiger partial charge is 0.206 e. The van der Waals surface area contributed by atoms with E-state index in [1.165, 1.54) is 70.0 Å². The predicted molar refractivity (Wildman–Crippen MR) is 138 cm³/mol. The first kappa shape index (κ1) is 25.8. The topological polar surface area (TPSA) is 30.7 Å². The highest BCUT2D eigenvalue weighted by atomic mass is 79.9. The van der Waals surface area contributed by atoms with Gasteiger partial charge in [-0.2, -0.15) is 0 Å². The lowest BCUT2D eigenvalue weighted by Gasteiger charge is -2.13. The van der Waals surface area contributed by atoms with Crippen LogP contribution in [0.4, 0.5) is 0 Å². The summed E-state index contributed by atoms with van der Waals surface area (Å²) in [6.45, 7) is 6.72. The Morgan fingerprint density at radius 3 is 2.07 bits per heavy atom. The third-order valence-electron chi connectivity index (χ3n) is 5.51. The molecular formula is C24H38BrN3S2. The molecule has 6 heteroatoms. The number of nitrogens with zero attached hydrogens (tertiary/aromatic N) is 3. The molecule has 0 fully saturated rings. The number of hydrogen-bond donors (Lipinski definition) is 0. The average Bonchev–Trinajstić information content (AvgIpc) is 3.18. The maximum absolute atomic E-state index is 4.53. The first-order valence-electron chi connectivity index (χ1n) is 11.7. The Morgan fingerprint density at radius 2 is 1.47 bits per heavy atom. The van der Waals surface area contributed by atoms with Gasteiger partial charge in [0.05, 0.1) is 0 Å². The summed E-state index contributed by atoms with van der Waals surface area (Å²) in [4.78, 5) is 0. The second-order valence-electron chi connectivity index (χ2n) is 8.05. The molecule has 0 N–H and O–H groups in total. The normalized spacial score (nSPS) is 12.4. The number of unbranched alkanes of at least 4 members (excludes halogenated alkanes) is 9. The molecule has 0 aliphatic carbocycles. The van der Waals surface area contributed by atoms with Crippen molar-refractivity contribution in [2.45, 2.75) is 102 Å². The van der Waals surface area contributed by atoms with E-state index in [-0.39, 0.29) is 0 Å². The van der Waals surface area contributed by atoms with Crippen LogP contribution in [0.15, 0.2) is 33.9 Å².